The molecule has 0 saturated heterocycles. The molecule has 0 saturated carbocycles. The summed E-state index contributed by atoms with van der Waals surface area (Å²) in [6.07, 6.45) is -4.41. The Morgan fingerprint density at radius 3 is 2.53 bits per heavy atom. The number of Topliss-reactive ketones (excluding diaryl/α,β-unsaturated/α-hetero) is 1. The zero-order valence-corrected chi connectivity index (χ0v) is 11.8. The number of carbonyl (C=O) groups is 1. The highest BCUT2D eigenvalue weighted by Gasteiger charge is 2.31. The molecular formula is C12H13BrF3NO2. The van der Waals surface area contributed by atoms with Crippen molar-refractivity contribution < 1.29 is 23.1 Å². The summed E-state index contributed by atoms with van der Waals surface area (Å²) in [6, 6.07) is 4.46. The van der Waals surface area contributed by atoms with Crippen LogP contribution in [0.4, 0.5) is 18.9 Å². The average Bonchev–Trinajstić information content (AvgIpc) is 2.26. The number of anilines is 1. The molecule has 0 amide bonds. The van der Waals surface area contributed by atoms with Crippen LogP contribution in [-0.4, -0.2) is 36.8 Å². The van der Waals surface area contributed by atoms with Crippen LogP contribution in [0, 0.1) is 0 Å². The van der Waals surface area contributed by atoms with Gasteiger partial charge in [-0.1, -0.05) is 15.9 Å². The molecule has 7 heteroatoms. The van der Waals surface area contributed by atoms with Gasteiger partial charge in [0, 0.05) is 22.3 Å². The van der Waals surface area contributed by atoms with E-state index in [-0.39, 0.29) is 23.6 Å². The summed E-state index contributed by atoms with van der Waals surface area (Å²) in [7, 11) is 0. The molecule has 0 aliphatic rings. The van der Waals surface area contributed by atoms with Crippen LogP contribution in [0.3, 0.4) is 0 Å². The molecule has 1 aromatic carbocycles. The first kappa shape index (κ1) is 16.0. The second kappa shape index (κ2) is 6.38. The van der Waals surface area contributed by atoms with Gasteiger partial charge in [0.15, 0.2) is 5.78 Å². The van der Waals surface area contributed by atoms with E-state index >= 15 is 0 Å². The van der Waals surface area contributed by atoms with Gasteiger partial charge in [-0.05, 0) is 25.1 Å². The van der Waals surface area contributed by atoms with Gasteiger partial charge in [0.25, 0.3) is 0 Å². The third-order valence-corrected chi connectivity index (χ3v) is 2.91. The van der Waals surface area contributed by atoms with Crippen molar-refractivity contribution in [2.45, 2.75) is 13.1 Å². The molecule has 0 radical (unpaired) electrons. The Morgan fingerprint density at radius 2 is 2.05 bits per heavy atom. The number of alkyl halides is 3. The highest BCUT2D eigenvalue weighted by Crippen LogP contribution is 2.28. The number of aliphatic hydroxyl groups is 1. The maximum atomic E-state index is 12.5. The smallest absolute Gasteiger partial charge is 0.395 e. The van der Waals surface area contributed by atoms with Gasteiger partial charge in [-0.2, -0.15) is 13.2 Å². The second-order valence-electron chi connectivity index (χ2n) is 3.98. The van der Waals surface area contributed by atoms with E-state index in [2.05, 4.69) is 15.9 Å². The predicted octanol–water partition coefficient (Wildman–Crippen LogP) is 3.01. The van der Waals surface area contributed by atoms with E-state index in [1.54, 1.807) is 6.07 Å². The average molecular weight is 340 g/mol. The standard InChI is InChI=1S/C12H13BrF3NO2/c1-8(19)10-6-9(13)2-3-11(10)17(4-5-18)7-12(14,15)16/h2-3,6,18H,4-5,7H2,1H3. The van der Waals surface area contributed by atoms with Gasteiger partial charge in [0.2, 0.25) is 0 Å². The minimum Gasteiger partial charge on any atom is -0.395 e. The summed E-state index contributed by atoms with van der Waals surface area (Å²) >= 11 is 3.17. The number of nitrogens with zero attached hydrogens (tertiary/aromatic N) is 1. The van der Waals surface area contributed by atoms with E-state index in [1.807, 2.05) is 0 Å². The van der Waals surface area contributed by atoms with Crippen LogP contribution >= 0.6 is 15.9 Å². The van der Waals surface area contributed by atoms with Crippen molar-refractivity contribution in [1.29, 1.82) is 0 Å². The second-order valence-corrected chi connectivity index (χ2v) is 4.89. The summed E-state index contributed by atoms with van der Waals surface area (Å²) in [5.74, 6) is -0.332. The number of carbonyl (C=O) groups excluding carboxylic acids is 1. The Hall–Kier alpha value is -1.08. The Morgan fingerprint density at radius 1 is 1.42 bits per heavy atom. The van der Waals surface area contributed by atoms with Gasteiger partial charge >= 0.3 is 6.18 Å². The molecular weight excluding hydrogens is 327 g/mol. The van der Waals surface area contributed by atoms with Crippen molar-refractivity contribution >= 4 is 27.4 Å². The van der Waals surface area contributed by atoms with Gasteiger partial charge < -0.3 is 10.0 Å². The molecule has 0 spiro atoms. The highest BCUT2D eigenvalue weighted by molar-refractivity contribution is 9.10. The lowest BCUT2D eigenvalue weighted by atomic mass is 10.1. The molecule has 1 rings (SSSR count). The van der Waals surface area contributed by atoms with Crippen LogP contribution in [0.5, 0.6) is 0 Å². The predicted molar refractivity (Wildman–Crippen MR) is 69.5 cm³/mol. The summed E-state index contributed by atoms with van der Waals surface area (Å²) < 4.78 is 38.1. The Balaban J connectivity index is 3.18. The lowest BCUT2D eigenvalue weighted by molar-refractivity contribution is -0.119. The number of halogens is 4. The van der Waals surface area contributed by atoms with E-state index in [4.69, 9.17) is 5.11 Å². The molecule has 0 aliphatic heterocycles. The van der Waals surface area contributed by atoms with Gasteiger partial charge in [-0.25, -0.2) is 0 Å². The number of aliphatic hydroxyl groups excluding tert-OH is 1. The van der Waals surface area contributed by atoms with Crippen molar-refractivity contribution in [2.75, 3.05) is 24.6 Å². The molecule has 0 unspecified atom stereocenters. The molecule has 0 aromatic heterocycles. The van der Waals surface area contributed by atoms with Gasteiger partial charge in [-0.3, -0.25) is 4.79 Å². The first-order chi connectivity index (χ1) is 8.74. The molecule has 0 atom stereocenters. The Bertz CT molecular complexity index is 463. The Labute approximate surface area is 117 Å². The van der Waals surface area contributed by atoms with Crippen LogP contribution in [0.2, 0.25) is 0 Å². The van der Waals surface area contributed by atoms with Crippen LogP contribution in [0.15, 0.2) is 22.7 Å². The maximum absolute atomic E-state index is 12.5. The molecule has 19 heavy (non-hydrogen) atoms. The monoisotopic (exact) mass is 339 g/mol. The lowest BCUT2D eigenvalue weighted by Crippen LogP contribution is -2.37. The number of hydrogen-bond acceptors (Lipinski definition) is 3. The molecule has 1 N–H and O–H groups in total. The summed E-state index contributed by atoms with van der Waals surface area (Å²) in [5, 5.41) is 8.88. The minimum atomic E-state index is -4.41. The van der Waals surface area contributed by atoms with Crippen LogP contribution < -0.4 is 4.90 Å². The summed E-state index contributed by atoms with van der Waals surface area (Å²) in [4.78, 5) is 12.4. The fraction of sp³-hybridized carbons (Fsp3) is 0.417. The van der Waals surface area contributed by atoms with Gasteiger partial charge in [-0.15, -0.1) is 0 Å². The number of benzene rings is 1. The van der Waals surface area contributed by atoms with Crippen molar-refractivity contribution in [3.05, 3.63) is 28.2 Å². The summed E-state index contributed by atoms with van der Waals surface area (Å²) in [5.41, 5.74) is 0.356. The third-order valence-electron chi connectivity index (χ3n) is 2.42. The zero-order valence-electron chi connectivity index (χ0n) is 10.2. The first-order valence-corrected chi connectivity index (χ1v) is 6.27. The third kappa shape index (κ3) is 4.83. The first-order valence-electron chi connectivity index (χ1n) is 5.47. The van der Waals surface area contributed by atoms with Crippen molar-refractivity contribution in [2.24, 2.45) is 0 Å². The van der Waals surface area contributed by atoms with Gasteiger partial charge in [0.05, 0.1) is 6.61 Å². The van der Waals surface area contributed by atoms with E-state index in [0.717, 1.165) is 4.90 Å². The lowest BCUT2D eigenvalue weighted by Gasteiger charge is -2.27. The fourth-order valence-corrected chi connectivity index (χ4v) is 2.05. The van der Waals surface area contributed by atoms with Crippen LogP contribution in [0.25, 0.3) is 0 Å². The molecule has 0 bridgehead atoms. The van der Waals surface area contributed by atoms with E-state index < -0.39 is 19.3 Å². The van der Waals surface area contributed by atoms with E-state index in [1.165, 1.54) is 19.1 Å². The van der Waals surface area contributed by atoms with Crippen molar-refractivity contribution in [1.82, 2.24) is 0 Å². The minimum absolute atomic E-state index is 0.169. The highest BCUT2D eigenvalue weighted by atomic mass is 79.9. The number of rotatable bonds is 5. The summed E-state index contributed by atoms with van der Waals surface area (Å²) in [6.45, 7) is -0.545. The zero-order chi connectivity index (χ0) is 14.6. The van der Waals surface area contributed by atoms with Crippen molar-refractivity contribution in [3.8, 4) is 0 Å². The van der Waals surface area contributed by atoms with E-state index in [0.29, 0.717) is 4.47 Å². The van der Waals surface area contributed by atoms with Gasteiger partial charge in [0.1, 0.15) is 6.54 Å². The van der Waals surface area contributed by atoms with Crippen LogP contribution in [0.1, 0.15) is 17.3 Å². The number of ketones is 1. The molecule has 3 nitrogen and oxygen atoms in total. The van der Waals surface area contributed by atoms with Crippen molar-refractivity contribution in [3.63, 3.8) is 0 Å². The molecule has 0 heterocycles. The largest absolute Gasteiger partial charge is 0.405 e. The molecule has 1 aromatic rings. The topological polar surface area (TPSA) is 40.5 Å². The van der Waals surface area contributed by atoms with E-state index in [9.17, 15) is 18.0 Å². The normalized spacial score (nSPS) is 11.5. The Kier molecular flexibility index (Phi) is 5.37. The fourth-order valence-electron chi connectivity index (χ4n) is 1.69. The van der Waals surface area contributed by atoms with Crippen LogP contribution in [-0.2, 0) is 0 Å². The molecule has 0 aliphatic carbocycles. The SMILES string of the molecule is CC(=O)c1cc(Br)ccc1N(CCO)CC(F)(F)F. The quantitative estimate of drug-likeness (QED) is 0.838. The number of hydrogen-bond donors (Lipinski definition) is 1. The molecule has 106 valence electrons. The maximum Gasteiger partial charge on any atom is 0.405 e. The molecule has 0 fully saturated rings.